The van der Waals surface area contributed by atoms with E-state index in [9.17, 15) is 4.79 Å². The maximum atomic E-state index is 12.0. The molecule has 0 radical (unpaired) electrons. The molecule has 140 valence electrons. The van der Waals surface area contributed by atoms with Crippen molar-refractivity contribution < 1.29 is 18.8 Å². The Bertz CT molecular complexity index is 820. The number of hydrogen-bond acceptors (Lipinski definition) is 5. The Kier molecular flexibility index (Phi) is 5.27. The molecule has 1 aliphatic heterocycles. The third-order valence-electron chi connectivity index (χ3n) is 3.80. The number of thiophene rings is 1. The summed E-state index contributed by atoms with van der Waals surface area (Å²) in [5.74, 6) is 0. The molecule has 2 heterocycles. The van der Waals surface area contributed by atoms with Gasteiger partial charge in [0, 0.05) is 33.8 Å². The molecule has 26 heavy (non-hydrogen) atoms. The summed E-state index contributed by atoms with van der Waals surface area (Å²) in [5.41, 5.74) is 0.231. The van der Waals surface area contributed by atoms with Crippen LogP contribution in [0.5, 0.6) is 0 Å². The van der Waals surface area contributed by atoms with Crippen LogP contribution in [0.2, 0.25) is 5.02 Å². The monoisotopic (exact) mass is 395 g/mol. The zero-order chi connectivity index (χ0) is 19.1. The molecule has 0 bridgehead atoms. The molecular formula is C18H23BClNO4S. The SMILES string of the molecule is CC1(C)COB(c2c(Cl)ccc3sc(NC(=O)OC(C)(C)C)cc23)OC1. The highest BCUT2D eigenvalue weighted by atomic mass is 35.5. The Labute approximate surface area is 163 Å². The third-order valence-corrected chi connectivity index (χ3v) is 5.15. The van der Waals surface area contributed by atoms with Gasteiger partial charge in [0.05, 0.1) is 5.00 Å². The number of ether oxygens (including phenoxy) is 1. The number of halogens is 1. The largest absolute Gasteiger partial charge is 0.496 e. The number of fused-ring (bicyclic) bond motifs is 1. The van der Waals surface area contributed by atoms with Crippen LogP contribution in [-0.2, 0) is 14.0 Å². The molecule has 1 aromatic carbocycles. The highest BCUT2D eigenvalue weighted by Gasteiger charge is 2.36. The average Bonchev–Trinajstić information content (AvgIpc) is 2.88. The number of anilines is 1. The van der Waals surface area contributed by atoms with Crippen LogP contribution >= 0.6 is 22.9 Å². The fraction of sp³-hybridized carbons (Fsp3) is 0.500. The van der Waals surface area contributed by atoms with Gasteiger partial charge in [-0.3, -0.25) is 5.32 Å². The van der Waals surface area contributed by atoms with Crippen molar-refractivity contribution in [3.63, 3.8) is 0 Å². The molecule has 0 atom stereocenters. The number of benzene rings is 1. The Balaban J connectivity index is 1.87. The third kappa shape index (κ3) is 4.52. The van der Waals surface area contributed by atoms with E-state index < -0.39 is 18.8 Å². The van der Waals surface area contributed by atoms with Crippen molar-refractivity contribution in [3.05, 3.63) is 23.2 Å². The second kappa shape index (κ2) is 7.04. The fourth-order valence-corrected chi connectivity index (χ4v) is 3.89. The first-order valence-electron chi connectivity index (χ1n) is 8.49. The van der Waals surface area contributed by atoms with Gasteiger partial charge < -0.3 is 14.0 Å². The van der Waals surface area contributed by atoms with E-state index in [1.165, 1.54) is 11.3 Å². The smallest absolute Gasteiger partial charge is 0.444 e. The number of hydrogen-bond donors (Lipinski definition) is 1. The molecule has 0 saturated carbocycles. The molecule has 1 saturated heterocycles. The Morgan fingerprint density at radius 2 is 1.96 bits per heavy atom. The van der Waals surface area contributed by atoms with E-state index in [1.54, 1.807) is 0 Å². The van der Waals surface area contributed by atoms with E-state index >= 15 is 0 Å². The van der Waals surface area contributed by atoms with Crippen LogP contribution in [0.3, 0.4) is 0 Å². The molecule has 1 aliphatic rings. The Morgan fingerprint density at radius 1 is 1.31 bits per heavy atom. The second-order valence-corrected chi connectivity index (χ2v) is 9.72. The number of carbonyl (C=O) groups is 1. The summed E-state index contributed by atoms with van der Waals surface area (Å²) in [4.78, 5) is 12.0. The highest BCUT2D eigenvalue weighted by molar-refractivity contribution is 7.23. The number of rotatable bonds is 2. The first-order chi connectivity index (χ1) is 12.0. The summed E-state index contributed by atoms with van der Waals surface area (Å²) >= 11 is 7.90. The summed E-state index contributed by atoms with van der Waals surface area (Å²) in [5, 5.41) is 4.97. The second-order valence-electron chi connectivity index (χ2n) is 8.23. The number of nitrogens with one attached hydrogen (secondary N) is 1. The maximum absolute atomic E-state index is 12.0. The van der Waals surface area contributed by atoms with E-state index in [-0.39, 0.29) is 5.41 Å². The van der Waals surface area contributed by atoms with Gasteiger partial charge in [0.1, 0.15) is 5.60 Å². The number of carbonyl (C=O) groups excluding carboxylic acids is 1. The quantitative estimate of drug-likeness (QED) is 0.751. The van der Waals surface area contributed by atoms with Gasteiger partial charge in [-0.05, 0) is 44.4 Å². The first-order valence-corrected chi connectivity index (χ1v) is 9.69. The topological polar surface area (TPSA) is 56.8 Å². The van der Waals surface area contributed by atoms with Gasteiger partial charge in [0.15, 0.2) is 0 Å². The summed E-state index contributed by atoms with van der Waals surface area (Å²) < 4.78 is 18.1. The summed E-state index contributed by atoms with van der Waals surface area (Å²) in [6.45, 7) is 10.9. The highest BCUT2D eigenvalue weighted by Crippen LogP contribution is 2.32. The van der Waals surface area contributed by atoms with E-state index in [2.05, 4.69) is 19.2 Å². The van der Waals surface area contributed by atoms with E-state index in [0.717, 1.165) is 15.5 Å². The van der Waals surface area contributed by atoms with Gasteiger partial charge in [-0.2, -0.15) is 0 Å². The van der Waals surface area contributed by atoms with Gasteiger partial charge in [0.25, 0.3) is 0 Å². The van der Waals surface area contributed by atoms with Crippen molar-refractivity contribution in [1.29, 1.82) is 0 Å². The fourth-order valence-electron chi connectivity index (χ4n) is 2.67. The predicted octanol–water partition coefficient (Wildman–Crippen LogP) is 4.67. The Hall–Kier alpha value is -1.28. The van der Waals surface area contributed by atoms with Crippen LogP contribution in [-0.4, -0.2) is 32.0 Å². The van der Waals surface area contributed by atoms with Crippen molar-refractivity contribution in [2.24, 2.45) is 5.41 Å². The van der Waals surface area contributed by atoms with Crippen LogP contribution in [0.25, 0.3) is 10.1 Å². The van der Waals surface area contributed by atoms with Crippen LogP contribution in [0, 0.1) is 5.41 Å². The summed E-state index contributed by atoms with van der Waals surface area (Å²) in [7, 11) is -0.511. The average molecular weight is 396 g/mol. The molecule has 2 aromatic rings. The molecule has 0 unspecified atom stereocenters. The molecule has 8 heteroatoms. The zero-order valence-electron chi connectivity index (χ0n) is 15.6. The van der Waals surface area contributed by atoms with Gasteiger partial charge in [-0.1, -0.05) is 25.4 Å². The van der Waals surface area contributed by atoms with Gasteiger partial charge in [-0.25, -0.2) is 4.79 Å². The summed E-state index contributed by atoms with van der Waals surface area (Å²) in [6, 6.07) is 5.65. The molecule has 1 N–H and O–H groups in total. The molecule has 1 aromatic heterocycles. The minimum Gasteiger partial charge on any atom is -0.444 e. The first kappa shape index (κ1) is 19.5. The normalized spacial score (nSPS) is 17.4. The molecule has 3 rings (SSSR count). The molecule has 0 spiro atoms. The molecular weight excluding hydrogens is 373 g/mol. The minimum absolute atomic E-state index is 0.0189. The summed E-state index contributed by atoms with van der Waals surface area (Å²) in [6.07, 6.45) is -0.483. The molecule has 1 fully saturated rings. The molecule has 0 aliphatic carbocycles. The molecule has 5 nitrogen and oxygen atoms in total. The number of amides is 1. The van der Waals surface area contributed by atoms with E-state index in [1.807, 2.05) is 39.0 Å². The van der Waals surface area contributed by atoms with Crippen LogP contribution < -0.4 is 10.8 Å². The van der Waals surface area contributed by atoms with Gasteiger partial charge >= 0.3 is 13.2 Å². The van der Waals surface area contributed by atoms with Crippen LogP contribution in [0.4, 0.5) is 9.80 Å². The molecule has 1 amide bonds. The standard InChI is InChI=1S/C18H23BClNO4S/c1-17(2,3)25-16(22)21-14-8-11-13(26-14)7-6-12(20)15(11)19-23-9-18(4,5)10-24-19/h6-8H,9-10H2,1-5H3,(H,21,22). The van der Waals surface area contributed by atoms with Crippen molar-refractivity contribution in [2.45, 2.75) is 40.2 Å². The lowest BCUT2D eigenvalue weighted by molar-refractivity contribution is 0.0344. The minimum atomic E-state index is -0.550. The predicted molar refractivity (Wildman–Crippen MR) is 108 cm³/mol. The van der Waals surface area contributed by atoms with Crippen molar-refractivity contribution in [3.8, 4) is 0 Å². The van der Waals surface area contributed by atoms with Crippen LogP contribution in [0.1, 0.15) is 34.6 Å². The van der Waals surface area contributed by atoms with Gasteiger partial charge in [-0.15, -0.1) is 11.3 Å². The zero-order valence-corrected chi connectivity index (χ0v) is 17.2. The Morgan fingerprint density at radius 3 is 2.58 bits per heavy atom. The van der Waals surface area contributed by atoms with E-state index in [4.69, 9.17) is 25.6 Å². The van der Waals surface area contributed by atoms with Crippen LogP contribution in [0.15, 0.2) is 18.2 Å². The van der Waals surface area contributed by atoms with Crippen molar-refractivity contribution in [2.75, 3.05) is 18.5 Å². The van der Waals surface area contributed by atoms with Crippen molar-refractivity contribution >= 4 is 56.7 Å². The van der Waals surface area contributed by atoms with Crippen molar-refractivity contribution in [1.82, 2.24) is 0 Å². The lowest BCUT2D eigenvalue weighted by Crippen LogP contribution is -2.47. The lowest BCUT2D eigenvalue weighted by Gasteiger charge is -2.33. The van der Waals surface area contributed by atoms with Gasteiger partial charge in [0.2, 0.25) is 0 Å². The lowest BCUT2D eigenvalue weighted by atomic mass is 9.74. The maximum Gasteiger partial charge on any atom is 0.496 e. The van der Waals surface area contributed by atoms with E-state index in [0.29, 0.717) is 23.2 Å².